The van der Waals surface area contributed by atoms with Crippen molar-refractivity contribution in [2.45, 2.75) is 25.0 Å². The summed E-state index contributed by atoms with van der Waals surface area (Å²) in [7, 11) is 0. The first-order valence-corrected chi connectivity index (χ1v) is 4.37. The maximum absolute atomic E-state index is 8.85. The van der Waals surface area contributed by atoms with Gasteiger partial charge in [-0.3, -0.25) is 0 Å². The van der Waals surface area contributed by atoms with Crippen molar-refractivity contribution in [3.8, 4) is 0 Å². The van der Waals surface area contributed by atoms with Crippen LogP contribution in [0.1, 0.15) is 12.8 Å². The normalized spacial score (nSPS) is 39.0. The fourth-order valence-electron chi connectivity index (χ4n) is 1.58. The predicted octanol–water partition coefficient (Wildman–Crippen LogP) is -0.254. The molecule has 0 spiro atoms. The van der Waals surface area contributed by atoms with E-state index in [1.807, 2.05) is 0 Å². The molecule has 3 heteroatoms. The summed E-state index contributed by atoms with van der Waals surface area (Å²) in [5, 5.41) is 12.1. The average Bonchev–Trinajstić information content (AvgIpc) is 2.87. The molecule has 64 valence electrons. The minimum atomic E-state index is 0.0364. The fraction of sp³-hybridized carbons (Fsp3) is 1.00. The van der Waals surface area contributed by atoms with Crippen molar-refractivity contribution >= 4 is 0 Å². The Morgan fingerprint density at radius 1 is 1.36 bits per heavy atom. The lowest BCUT2D eigenvalue weighted by Gasteiger charge is -2.29. The molecule has 2 rings (SSSR count). The number of hydrogen-bond acceptors (Lipinski definition) is 3. The van der Waals surface area contributed by atoms with Crippen molar-refractivity contribution in [3.63, 3.8) is 0 Å². The Balaban J connectivity index is 1.82. The van der Waals surface area contributed by atoms with E-state index in [9.17, 15) is 0 Å². The molecule has 3 nitrogen and oxygen atoms in total. The summed E-state index contributed by atoms with van der Waals surface area (Å²) in [5.41, 5.74) is 0. The van der Waals surface area contributed by atoms with Gasteiger partial charge in [0.15, 0.2) is 0 Å². The molecule has 0 aromatic carbocycles. The van der Waals surface area contributed by atoms with E-state index in [1.54, 1.807) is 0 Å². The van der Waals surface area contributed by atoms with E-state index in [1.165, 1.54) is 12.8 Å². The molecule has 0 aromatic heterocycles. The van der Waals surface area contributed by atoms with Crippen molar-refractivity contribution in [1.29, 1.82) is 0 Å². The Morgan fingerprint density at radius 2 is 2.18 bits per heavy atom. The molecule has 1 heterocycles. The van der Waals surface area contributed by atoms with Gasteiger partial charge in [0.05, 0.1) is 18.8 Å². The lowest BCUT2D eigenvalue weighted by Crippen LogP contribution is -2.47. The summed E-state index contributed by atoms with van der Waals surface area (Å²) in [4.78, 5) is 0. The standard InChI is InChI=1S/C8H15NO2/c10-5-7-3-9-4-8(11-7)6-1-2-6/h6-10H,1-5H2/t7-,8+/m1/s1. The van der Waals surface area contributed by atoms with Gasteiger partial charge in [-0.15, -0.1) is 0 Å². The number of nitrogens with one attached hydrogen (secondary N) is 1. The Morgan fingerprint density at radius 3 is 2.82 bits per heavy atom. The molecule has 0 amide bonds. The first kappa shape index (κ1) is 7.53. The zero-order chi connectivity index (χ0) is 7.68. The van der Waals surface area contributed by atoms with Crippen molar-refractivity contribution in [1.82, 2.24) is 5.32 Å². The molecule has 1 saturated carbocycles. The smallest absolute Gasteiger partial charge is 0.0934 e. The summed E-state index contributed by atoms with van der Waals surface area (Å²) in [6.07, 6.45) is 3.03. The molecule has 2 fully saturated rings. The van der Waals surface area contributed by atoms with Crippen LogP contribution in [0.4, 0.5) is 0 Å². The van der Waals surface area contributed by atoms with Gasteiger partial charge in [0.2, 0.25) is 0 Å². The van der Waals surface area contributed by atoms with Crippen LogP contribution in [0.2, 0.25) is 0 Å². The Kier molecular flexibility index (Phi) is 2.11. The van der Waals surface area contributed by atoms with E-state index in [0.29, 0.717) is 6.10 Å². The van der Waals surface area contributed by atoms with Gasteiger partial charge in [-0.2, -0.15) is 0 Å². The number of hydrogen-bond donors (Lipinski definition) is 2. The van der Waals surface area contributed by atoms with Crippen LogP contribution >= 0.6 is 0 Å². The van der Waals surface area contributed by atoms with E-state index in [4.69, 9.17) is 9.84 Å². The number of aliphatic hydroxyl groups is 1. The first-order chi connectivity index (χ1) is 5.40. The summed E-state index contributed by atoms with van der Waals surface area (Å²) in [6, 6.07) is 0. The van der Waals surface area contributed by atoms with E-state index in [2.05, 4.69) is 5.32 Å². The quantitative estimate of drug-likeness (QED) is 0.580. The largest absolute Gasteiger partial charge is 0.394 e. The van der Waals surface area contributed by atoms with Gasteiger partial charge >= 0.3 is 0 Å². The van der Waals surface area contributed by atoms with Gasteiger partial charge in [0.1, 0.15) is 0 Å². The number of aliphatic hydroxyl groups excluding tert-OH is 1. The summed E-state index contributed by atoms with van der Waals surface area (Å²) in [5.74, 6) is 0.775. The van der Waals surface area contributed by atoms with Gasteiger partial charge in [-0.25, -0.2) is 0 Å². The second-order valence-corrected chi connectivity index (χ2v) is 3.47. The Hall–Kier alpha value is -0.120. The highest BCUT2D eigenvalue weighted by atomic mass is 16.5. The average molecular weight is 157 g/mol. The Bertz CT molecular complexity index is 136. The minimum Gasteiger partial charge on any atom is -0.394 e. The molecule has 0 bridgehead atoms. The molecule has 11 heavy (non-hydrogen) atoms. The summed E-state index contributed by atoms with van der Waals surface area (Å²) < 4.78 is 5.65. The van der Waals surface area contributed by atoms with Gasteiger partial charge in [-0.05, 0) is 18.8 Å². The van der Waals surface area contributed by atoms with Crippen LogP contribution in [0, 0.1) is 5.92 Å². The lowest BCUT2D eigenvalue weighted by atomic mass is 10.2. The van der Waals surface area contributed by atoms with E-state index in [0.717, 1.165) is 19.0 Å². The van der Waals surface area contributed by atoms with Crippen molar-refractivity contribution in [2.75, 3.05) is 19.7 Å². The topological polar surface area (TPSA) is 41.5 Å². The van der Waals surface area contributed by atoms with Crippen LogP contribution in [0.25, 0.3) is 0 Å². The Labute approximate surface area is 66.7 Å². The zero-order valence-electron chi connectivity index (χ0n) is 6.62. The molecular weight excluding hydrogens is 142 g/mol. The highest BCUT2D eigenvalue weighted by molar-refractivity contribution is 4.87. The molecule has 2 N–H and O–H groups in total. The maximum Gasteiger partial charge on any atom is 0.0934 e. The molecule has 0 radical (unpaired) electrons. The second-order valence-electron chi connectivity index (χ2n) is 3.47. The fourth-order valence-corrected chi connectivity index (χ4v) is 1.58. The molecule has 0 aromatic rings. The highest BCUT2D eigenvalue weighted by Crippen LogP contribution is 2.35. The monoisotopic (exact) mass is 157 g/mol. The third kappa shape index (κ3) is 1.72. The predicted molar refractivity (Wildman–Crippen MR) is 41.3 cm³/mol. The molecule has 1 aliphatic carbocycles. The summed E-state index contributed by atoms with van der Waals surface area (Å²) in [6.45, 7) is 1.93. The second kappa shape index (κ2) is 3.09. The van der Waals surface area contributed by atoms with Crippen molar-refractivity contribution in [3.05, 3.63) is 0 Å². The highest BCUT2D eigenvalue weighted by Gasteiger charge is 2.35. The van der Waals surface area contributed by atoms with Gasteiger partial charge in [0, 0.05) is 13.1 Å². The molecule has 0 unspecified atom stereocenters. The van der Waals surface area contributed by atoms with Gasteiger partial charge in [-0.1, -0.05) is 0 Å². The van der Waals surface area contributed by atoms with E-state index >= 15 is 0 Å². The van der Waals surface area contributed by atoms with Crippen LogP contribution in [-0.2, 0) is 4.74 Å². The molecular formula is C8H15NO2. The van der Waals surface area contributed by atoms with Crippen LogP contribution in [0.15, 0.2) is 0 Å². The van der Waals surface area contributed by atoms with Crippen LogP contribution in [0.3, 0.4) is 0 Å². The van der Waals surface area contributed by atoms with Gasteiger partial charge < -0.3 is 15.2 Å². The van der Waals surface area contributed by atoms with Gasteiger partial charge in [0.25, 0.3) is 0 Å². The van der Waals surface area contributed by atoms with E-state index in [-0.39, 0.29) is 12.7 Å². The van der Waals surface area contributed by atoms with Crippen LogP contribution < -0.4 is 5.32 Å². The maximum atomic E-state index is 8.85. The molecule has 1 aliphatic heterocycles. The zero-order valence-corrected chi connectivity index (χ0v) is 6.62. The van der Waals surface area contributed by atoms with Crippen molar-refractivity contribution in [2.24, 2.45) is 5.92 Å². The molecule has 2 atom stereocenters. The number of rotatable bonds is 2. The van der Waals surface area contributed by atoms with E-state index < -0.39 is 0 Å². The third-order valence-corrected chi connectivity index (χ3v) is 2.44. The van der Waals surface area contributed by atoms with Crippen LogP contribution in [-0.4, -0.2) is 37.0 Å². The number of ether oxygens (including phenoxy) is 1. The van der Waals surface area contributed by atoms with Crippen LogP contribution in [0.5, 0.6) is 0 Å². The third-order valence-electron chi connectivity index (χ3n) is 2.44. The molecule has 1 saturated heterocycles. The summed E-state index contributed by atoms with van der Waals surface area (Å²) >= 11 is 0. The SMILES string of the molecule is OC[C@H]1CNC[C@@H](C2CC2)O1. The first-order valence-electron chi connectivity index (χ1n) is 4.37. The molecule has 2 aliphatic rings. The van der Waals surface area contributed by atoms with Crippen molar-refractivity contribution < 1.29 is 9.84 Å². The number of morpholine rings is 1. The lowest BCUT2D eigenvalue weighted by molar-refractivity contribution is -0.0690. The minimum absolute atomic E-state index is 0.0364.